The van der Waals surface area contributed by atoms with Crippen LogP contribution in [0.15, 0.2) is 53.0 Å². The summed E-state index contributed by atoms with van der Waals surface area (Å²) in [6, 6.07) is 13.4. The van der Waals surface area contributed by atoms with Crippen LogP contribution in [-0.2, 0) is 14.3 Å². The SMILES string of the molecule is CCOC(=O)Nc1ccc(C(=O)OCC(=O)NC(C)c2ccc(Br)cc2)cc1. The van der Waals surface area contributed by atoms with Crippen LogP contribution in [0.2, 0.25) is 0 Å². The second-order valence-electron chi connectivity index (χ2n) is 5.84. The molecule has 0 fully saturated rings. The van der Waals surface area contributed by atoms with E-state index in [4.69, 9.17) is 9.47 Å². The summed E-state index contributed by atoms with van der Waals surface area (Å²) < 4.78 is 10.8. The van der Waals surface area contributed by atoms with Crippen LogP contribution >= 0.6 is 15.9 Å². The van der Waals surface area contributed by atoms with Gasteiger partial charge in [0.15, 0.2) is 6.61 Å². The fraction of sp³-hybridized carbons (Fsp3) is 0.250. The Hall–Kier alpha value is -2.87. The minimum Gasteiger partial charge on any atom is -0.452 e. The number of halogens is 1. The zero-order valence-electron chi connectivity index (χ0n) is 15.5. The average Bonchev–Trinajstić information content (AvgIpc) is 2.67. The molecule has 0 spiro atoms. The van der Waals surface area contributed by atoms with Gasteiger partial charge in [0.25, 0.3) is 5.91 Å². The van der Waals surface area contributed by atoms with Crippen LogP contribution in [0.4, 0.5) is 10.5 Å². The van der Waals surface area contributed by atoms with Crippen LogP contribution in [0.1, 0.15) is 35.8 Å². The Labute approximate surface area is 171 Å². The molecule has 1 atom stereocenters. The predicted molar refractivity (Wildman–Crippen MR) is 108 cm³/mol. The molecular formula is C20H21BrN2O5. The van der Waals surface area contributed by atoms with Crippen molar-refractivity contribution in [2.75, 3.05) is 18.5 Å². The summed E-state index contributed by atoms with van der Waals surface area (Å²) in [6.07, 6.45) is -0.575. The van der Waals surface area contributed by atoms with Gasteiger partial charge in [-0.15, -0.1) is 0 Å². The number of ether oxygens (including phenoxy) is 2. The molecule has 0 aromatic heterocycles. The number of benzene rings is 2. The largest absolute Gasteiger partial charge is 0.452 e. The second kappa shape index (κ2) is 10.5. The summed E-state index contributed by atoms with van der Waals surface area (Å²) in [6.45, 7) is 3.42. The van der Waals surface area contributed by atoms with E-state index in [1.807, 2.05) is 31.2 Å². The third-order valence-electron chi connectivity index (χ3n) is 3.72. The first-order chi connectivity index (χ1) is 13.4. The van der Waals surface area contributed by atoms with Gasteiger partial charge in [-0.25, -0.2) is 9.59 Å². The highest BCUT2D eigenvalue weighted by atomic mass is 79.9. The Morgan fingerprint density at radius 1 is 1.00 bits per heavy atom. The lowest BCUT2D eigenvalue weighted by molar-refractivity contribution is -0.124. The molecule has 0 heterocycles. The number of esters is 1. The van der Waals surface area contributed by atoms with E-state index in [1.54, 1.807) is 19.1 Å². The fourth-order valence-corrected chi connectivity index (χ4v) is 2.57. The van der Waals surface area contributed by atoms with Crippen molar-refractivity contribution in [3.63, 3.8) is 0 Å². The second-order valence-corrected chi connectivity index (χ2v) is 6.76. The molecule has 28 heavy (non-hydrogen) atoms. The van der Waals surface area contributed by atoms with Gasteiger partial charge in [-0.05, 0) is 55.8 Å². The van der Waals surface area contributed by atoms with Crippen LogP contribution in [0, 0.1) is 0 Å². The summed E-state index contributed by atoms with van der Waals surface area (Å²) in [4.78, 5) is 35.4. The minimum absolute atomic E-state index is 0.215. The normalized spacial score (nSPS) is 11.2. The Balaban J connectivity index is 1.81. The standard InChI is InChI=1S/C20H21BrN2O5/c1-3-27-20(26)23-17-10-6-15(7-11-17)19(25)28-12-18(24)22-13(2)14-4-8-16(21)9-5-14/h4-11,13H,3,12H2,1-2H3,(H,22,24)(H,23,26). The molecule has 2 aromatic carbocycles. The molecule has 2 amide bonds. The number of rotatable bonds is 7. The predicted octanol–water partition coefficient (Wildman–Crippen LogP) is 4.05. The Morgan fingerprint density at radius 2 is 1.64 bits per heavy atom. The van der Waals surface area contributed by atoms with Crippen molar-refractivity contribution in [2.45, 2.75) is 19.9 Å². The molecule has 0 saturated heterocycles. The van der Waals surface area contributed by atoms with Gasteiger partial charge in [0.2, 0.25) is 0 Å². The maximum absolute atomic E-state index is 12.1. The quantitative estimate of drug-likeness (QED) is 0.623. The van der Waals surface area contributed by atoms with Gasteiger partial charge < -0.3 is 14.8 Å². The van der Waals surface area contributed by atoms with Gasteiger partial charge in [-0.1, -0.05) is 28.1 Å². The van der Waals surface area contributed by atoms with Crippen molar-refractivity contribution in [1.29, 1.82) is 0 Å². The molecule has 0 aliphatic carbocycles. The van der Waals surface area contributed by atoms with Crippen molar-refractivity contribution in [3.05, 3.63) is 64.1 Å². The number of hydrogen-bond donors (Lipinski definition) is 2. The highest BCUT2D eigenvalue weighted by Crippen LogP contribution is 2.16. The first-order valence-corrected chi connectivity index (χ1v) is 9.44. The third-order valence-corrected chi connectivity index (χ3v) is 4.25. The van der Waals surface area contributed by atoms with Crippen LogP contribution in [0.25, 0.3) is 0 Å². The van der Waals surface area contributed by atoms with Gasteiger partial charge in [-0.3, -0.25) is 10.1 Å². The van der Waals surface area contributed by atoms with Crippen LogP contribution in [0.3, 0.4) is 0 Å². The average molecular weight is 449 g/mol. The molecule has 0 radical (unpaired) electrons. The van der Waals surface area contributed by atoms with Crippen molar-refractivity contribution < 1.29 is 23.9 Å². The number of carbonyl (C=O) groups excluding carboxylic acids is 3. The van der Waals surface area contributed by atoms with E-state index < -0.39 is 18.0 Å². The molecule has 1 unspecified atom stereocenters. The third kappa shape index (κ3) is 6.70. The zero-order chi connectivity index (χ0) is 20.5. The fourth-order valence-electron chi connectivity index (χ4n) is 2.31. The first-order valence-electron chi connectivity index (χ1n) is 8.65. The molecule has 7 nitrogen and oxygen atoms in total. The smallest absolute Gasteiger partial charge is 0.411 e. The maximum Gasteiger partial charge on any atom is 0.411 e. The summed E-state index contributed by atoms with van der Waals surface area (Å²) >= 11 is 3.36. The highest BCUT2D eigenvalue weighted by Gasteiger charge is 2.13. The van der Waals surface area contributed by atoms with E-state index in [1.165, 1.54) is 12.1 Å². The maximum atomic E-state index is 12.1. The van der Waals surface area contributed by atoms with E-state index in [0.717, 1.165) is 10.0 Å². The number of anilines is 1. The number of hydrogen-bond acceptors (Lipinski definition) is 5. The van der Waals surface area contributed by atoms with Crippen LogP contribution in [-0.4, -0.2) is 31.2 Å². The van der Waals surface area contributed by atoms with Gasteiger partial charge in [0, 0.05) is 10.2 Å². The molecule has 0 aliphatic heterocycles. The van der Waals surface area contributed by atoms with E-state index in [-0.39, 0.29) is 24.8 Å². The Morgan fingerprint density at radius 3 is 2.25 bits per heavy atom. The molecule has 0 bridgehead atoms. The summed E-state index contributed by atoms with van der Waals surface area (Å²) in [5.74, 6) is -1.03. The van der Waals surface area contributed by atoms with Crippen molar-refractivity contribution in [2.24, 2.45) is 0 Å². The van der Waals surface area contributed by atoms with Crippen LogP contribution < -0.4 is 10.6 Å². The van der Waals surface area contributed by atoms with E-state index in [0.29, 0.717) is 5.69 Å². The van der Waals surface area contributed by atoms with Crippen molar-refractivity contribution in [1.82, 2.24) is 5.32 Å². The molecule has 0 aliphatic rings. The summed E-state index contributed by atoms with van der Waals surface area (Å²) in [7, 11) is 0. The zero-order valence-corrected chi connectivity index (χ0v) is 17.1. The van der Waals surface area contributed by atoms with E-state index in [2.05, 4.69) is 26.6 Å². The lowest BCUT2D eigenvalue weighted by atomic mass is 10.1. The van der Waals surface area contributed by atoms with Gasteiger partial charge in [-0.2, -0.15) is 0 Å². The topological polar surface area (TPSA) is 93.7 Å². The minimum atomic E-state index is -0.630. The molecule has 2 rings (SSSR count). The van der Waals surface area contributed by atoms with E-state index >= 15 is 0 Å². The Kier molecular flexibility index (Phi) is 8.01. The van der Waals surface area contributed by atoms with Gasteiger partial charge >= 0.3 is 12.1 Å². The van der Waals surface area contributed by atoms with Gasteiger partial charge in [0.05, 0.1) is 18.2 Å². The molecule has 148 valence electrons. The lowest BCUT2D eigenvalue weighted by Crippen LogP contribution is -2.31. The van der Waals surface area contributed by atoms with E-state index in [9.17, 15) is 14.4 Å². The van der Waals surface area contributed by atoms with Crippen molar-refractivity contribution in [3.8, 4) is 0 Å². The lowest BCUT2D eigenvalue weighted by Gasteiger charge is -2.14. The molecular weight excluding hydrogens is 428 g/mol. The number of carbonyl (C=O) groups is 3. The molecule has 2 N–H and O–H groups in total. The van der Waals surface area contributed by atoms with Crippen LogP contribution in [0.5, 0.6) is 0 Å². The van der Waals surface area contributed by atoms with Gasteiger partial charge in [0.1, 0.15) is 0 Å². The summed E-state index contributed by atoms with van der Waals surface area (Å²) in [5, 5.41) is 5.29. The monoisotopic (exact) mass is 448 g/mol. The number of nitrogens with one attached hydrogen (secondary N) is 2. The highest BCUT2D eigenvalue weighted by molar-refractivity contribution is 9.10. The molecule has 8 heteroatoms. The number of amides is 2. The van der Waals surface area contributed by atoms with Crippen molar-refractivity contribution >= 4 is 39.6 Å². The summed E-state index contributed by atoms with van der Waals surface area (Å²) in [5.41, 5.74) is 1.69. The Bertz CT molecular complexity index is 821. The first kappa shape index (κ1) is 21.4. The molecule has 2 aromatic rings. The molecule has 0 saturated carbocycles.